The molecule has 0 heterocycles. The van der Waals surface area contributed by atoms with Gasteiger partial charge in [0.25, 0.3) is 0 Å². The van der Waals surface area contributed by atoms with Crippen LogP contribution in [0.2, 0.25) is 0 Å². The molecule has 1 nitrogen and oxygen atoms in total. The SMILES string of the molecule is O=C(CBr)Cc1cccc(I)c1F. The first-order valence-electron chi connectivity index (χ1n) is 3.65. The predicted octanol–water partition coefficient (Wildman–Crippen LogP) is 2.94. The molecule has 0 unspecified atom stereocenters. The van der Waals surface area contributed by atoms with Crippen LogP contribution in [0.5, 0.6) is 0 Å². The van der Waals surface area contributed by atoms with Crippen LogP contribution in [0.25, 0.3) is 0 Å². The van der Waals surface area contributed by atoms with Gasteiger partial charge in [-0.25, -0.2) is 4.39 Å². The predicted molar refractivity (Wildman–Crippen MR) is 61.6 cm³/mol. The summed E-state index contributed by atoms with van der Waals surface area (Å²) in [6, 6.07) is 5.07. The maximum Gasteiger partial charge on any atom is 0.147 e. The highest BCUT2D eigenvalue weighted by molar-refractivity contribution is 14.1. The second-order valence-corrected chi connectivity index (χ2v) is 4.28. The van der Waals surface area contributed by atoms with E-state index in [4.69, 9.17) is 0 Å². The summed E-state index contributed by atoms with van der Waals surface area (Å²) in [6.07, 6.45) is 0.161. The summed E-state index contributed by atoms with van der Waals surface area (Å²) in [5, 5.41) is 0.276. The van der Waals surface area contributed by atoms with Crippen molar-refractivity contribution in [1.29, 1.82) is 0 Å². The standard InChI is InChI=1S/C9H7BrFIO/c10-5-7(13)4-6-2-1-3-8(12)9(6)11/h1-3H,4-5H2. The molecular formula is C9H7BrFIO. The largest absolute Gasteiger partial charge is 0.298 e. The van der Waals surface area contributed by atoms with Crippen LogP contribution < -0.4 is 0 Å². The maximum absolute atomic E-state index is 13.3. The Bertz CT molecular complexity index is 327. The third-order valence-corrected chi connectivity index (χ3v) is 3.03. The number of rotatable bonds is 3. The summed E-state index contributed by atoms with van der Waals surface area (Å²) < 4.78 is 13.9. The molecule has 4 heteroatoms. The lowest BCUT2D eigenvalue weighted by molar-refractivity contribution is -0.115. The minimum atomic E-state index is -0.280. The summed E-state index contributed by atoms with van der Waals surface area (Å²) in [6.45, 7) is 0. The van der Waals surface area contributed by atoms with Crippen molar-refractivity contribution in [2.24, 2.45) is 0 Å². The molecule has 0 aliphatic heterocycles. The molecule has 0 N–H and O–H groups in total. The van der Waals surface area contributed by atoms with Crippen molar-refractivity contribution in [2.75, 3.05) is 5.33 Å². The average Bonchev–Trinajstić information content (AvgIpc) is 2.13. The van der Waals surface area contributed by atoms with E-state index in [2.05, 4.69) is 15.9 Å². The van der Waals surface area contributed by atoms with Gasteiger partial charge >= 0.3 is 0 Å². The van der Waals surface area contributed by atoms with Crippen molar-refractivity contribution in [2.45, 2.75) is 6.42 Å². The molecule has 0 bridgehead atoms. The number of carbonyl (C=O) groups excluding carboxylic acids is 1. The Labute approximate surface area is 98.0 Å². The molecule has 0 aliphatic rings. The minimum Gasteiger partial charge on any atom is -0.298 e. The van der Waals surface area contributed by atoms with E-state index in [0.29, 0.717) is 9.13 Å². The first kappa shape index (κ1) is 11.1. The highest BCUT2D eigenvalue weighted by Crippen LogP contribution is 2.15. The smallest absolute Gasteiger partial charge is 0.147 e. The van der Waals surface area contributed by atoms with Crippen molar-refractivity contribution >= 4 is 44.3 Å². The number of carbonyl (C=O) groups is 1. The zero-order valence-corrected chi connectivity index (χ0v) is 10.4. The Kier molecular flexibility index (Phi) is 4.31. The molecule has 0 aromatic heterocycles. The van der Waals surface area contributed by atoms with Crippen LogP contribution in [0.1, 0.15) is 5.56 Å². The van der Waals surface area contributed by atoms with Gasteiger partial charge in [0.05, 0.1) is 5.33 Å². The normalized spacial score (nSPS) is 10.1. The lowest BCUT2D eigenvalue weighted by Gasteiger charge is -2.01. The van der Waals surface area contributed by atoms with Gasteiger partial charge in [0.2, 0.25) is 0 Å². The third-order valence-electron chi connectivity index (χ3n) is 1.57. The Morgan fingerprint density at radius 2 is 2.23 bits per heavy atom. The molecule has 0 amide bonds. The second kappa shape index (κ2) is 5.05. The Morgan fingerprint density at radius 3 is 2.85 bits per heavy atom. The number of hydrogen-bond acceptors (Lipinski definition) is 1. The molecule has 0 saturated carbocycles. The van der Waals surface area contributed by atoms with E-state index in [9.17, 15) is 9.18 Å². The topological polar surface area (TPSA) is 17.1 Å². The summed E-state index contributed by atoms with van der Waals surface area (Å²) in [7, 11) is 0. The zero-order valence-electron chi connectivity index (χ0n) is 6.69. The monoisotopic (exact) mass is 356 g/mol. The van der Waals surface area contributed by atoms with E-state index in [-0.39, 0.29) is 23.4 Å². The van der Waals surface area contributed by atoms with Crippen molar-refractivity contribution < 1.29 is 9.18 Å². The van der Waals surface area contributed by atoms with Gasteiger partial charge in [-0.05, 0) is 34.2 Å². The number of Topliss-reactive ketones (excluding diaryl/α,β-unsaturated/α-hetero) is 1. The molecule has 0 fully saturated rings. The molecule has 1 rings (SSSR count). The van der Waals surface area contributed by atoms with E-state index in [1.165, 1.54) is 0 Å². The molecule has 13 heavy (non-hydrogen) atoms. The van der Waals surface area contributed by atoms with Crippen molar-refractivity contribution in [3.63, 3.8) is 0 Å². The van der Waals surface area contributed by atoms with Crippen LogP contribution in [-0.2, 0) is 11.2 Å². The number of halogens is 3. The van der Waals surface area contributed by atoms with Crippen LogP contribution in [0, 0.1) is 9.39 Å². The Hall–Kier alpha value is 0.0300. The van der Waals surface area contributed by atoms with Crippen LogP contribution in [-0.4, -0.2) is 11.1 Å². The average molecular weight is 357 g/mol. The van der Waals surface area contributed by atoms with Crippen LogP contribution in [0.3, 0.4) is 0 Å². The van der Waals surface area contributed by atoms with E-state index >= 15 is 0 Å². The maximum atomic E-state index is 13.3. The Balaban J connectivity index is 2.89. The lowest BCUT2D eigenvalue weighted by atomic mass is 10.1. The minimum absolute atomic E-state index is 0.0131. The molecule has 0 spiro atoms. The van der Waals surface area contributed by atoms with E-state index in [1.54, 1.807) is 18.2 Å². The summed E-state index contributed by atoms with van der Waals surface area (Å²) in [4.78, 5) is 11.0. The van der Waals surface area contributed by atoms with Gasteiger partial charge in [0.1, 0.15) is 11.6 Å². The number of benzene rings is 1. The van der Waals surface area contributed by atoms with Crippen molar-refractivity contribution in [3.8, 4) is 0 Å². The van der Waals surface area contributed by atoms with E-state index < -0.39 is 0 Å². The second-order valence-electron chi connectivity index (χ2n) is 2.56. The van der Waals surface area contributed by atoms with Gasteiger partial charge in [-0.2, -0.15) is 0 Å². The summed E-state index contributed by atoms with van der Waals surface area (Å²) in [5.74, 6) is -0.293. The van der Waals surface area contributed by atoms with Crippen molar-refractivity contribution in [1.82, 2.24) is 0 Å². The lowest BCUT2D eigenvalue weighted by Crippen LogP contribution is -2.05. The van der Waals surface area contributed by atoms with Gasteiger partial charge in [0.15, 0.2) is 0 Å². The fourth-order valence-electron chi connectivity index (χ4n) is 0.945. The molecule has 0 aliphatic carbocycles. The summed E-state index contributed by atoms with van der Waals surface area (Å²) >= 11 is 4.95. The van der Waals surface area contributed by atoms with Gasteiger partial charge < -0.3 is 0 Å². The number of ketones is 1. The number of hydrogen-bond donors (Lipinski definition) is 0. The van der Waals surface area contributed by atoms with Gasteiger partial charge in [0, 0.05) is 9.99 Å². The fourth-order valence-corrected chi connectivity index (χ4v) is 1.70. The quantitative estimate of drug-likeness (QED) is 0.601. The van der Waals surface area contributed by atoms with Crippen LogP contribution in [0.4, 0.5) is 4.39 Å². The first-order valence-corrected chi connectivity index (χ1v) is 5.85. The highest BCUT2D eigenvalue weighted by Gasteiger charge is 2.08. The molecule has 1 aromatic carbocycles. The van der Waals surface area contributed by atoms with Crippen LogP contribution in [0.15, 0.2) is 18.2 Å². The molecule has 0 radical (unpaired) electrons. The zero-order chi connectivity index (χ0) is 9.84. The fraction of sp³-hybridized carbons (Fsp3) is 0.222. The number of alkyl halides is 1. The summed E-state index contributed by atoms with van der Waals surface area (Å²) in [5.41, 5.74) is 0.469. The first-order chi connectivity index (χ1) is 6.15. The molecule has 0 atom stereocenters. The van der Waals surface area contributed by atoms with Crippen LogP contribution >= 0.6 is 38.5 Å². The van der Waals surface area contributed by atoms with Gasteiger partial charge in [-0.3, -0.25) is 4.79 Å². The van der Waals surface area contributed by atoms with E-state index in [0.717, 1.165) is 0 Å². The molecule has 0 saturated heterocycles. The van der Waals surface area contributed by atoms with E-state index in [1.807, 2.05) is 22.6 Å². The molecule has 1 aromatic rings. The van der Waals surface area contributed by atoms with Gasteiger partial charge in [-0.1, -0.05) is 28.1 Å². The van der Waals surface area contributed by atoms with Crippen molar-refractivity contribution in [3.05, 3.63) is 33.1 Å². The molecule has 70 valence electrons. The van der Waals surface area contributed by atoms with Gasteiger partial charge in [-0.15, -0.1) is 0 Å². The Morgan fingerprint density at radius 1 is 1.54 bits per heavy atom. The third kappa shape index (κ3) is 3.02. The highest BCUT2D eigenvalue weighted by atomic mass is 127. The molecular weight excluding hydrogens is 350 g/mol.